The molecular formula is C9H15NO2. The molecule has 0 aliphatic heterocycles. The maximum absolute atomic E-state index is 11.2. The summed E-state index contributed by atoms with van der Waals surface area (Å²) < 4.78 is 6.64. The summed E-state index contributed by atoms with van der Waals surface area (Å²) in [4.78, 5) is 11.2. The van der Waals surface area contributed by atoms with E-state index in [2.05, 4.69) is 6.92 Å². The van der Waals surface area contributed by atoms with Crippen molar-refractivity contribution in [2.75, 3.05) is 0 Å². The molecule has 1 aromatic rings. The van der Waals surface area contributed by atoms with E-state index in [-0.39, 0.29) is 5.76 Å². The molecule has 3 heteroatoms. The Bertz CT molecular complexity index is 309. The zero-order chi connectivity index (χ0) is 9.14. The first kappa shape index (κ1) is 9.10. The second-order valence-corrected chi connectivity index (χ2v) is 3.01. The van der Waals surface area contributed by atoms with Gasteiger partial charge in [-0.2, -0.15) is 0 Å². The summed E-state index contributed by atoms with van der Waals surface area (Å²) in [6.07, 6.45) is 2.12. The summed E-state index contributed by atoms with van der Waals surface area (Å²) in [6, 6.07) is 0. The molecule has 0 N–H and O–H groups in total. The number of nitrogens with zero attached hydrogens (tertiary/aromatic N) is 1. The van der Waals surface area contributed by atoms with Gasteiger partial charge in [-0.1, -0.05) is 13.3 Å². The molecule has 1 rings (SSSR count). The molecule has 0 aliphatic rings. The molecule has 68 valence electrons. The van der Waals surface area contributed by atoms with E-state index in [0.29, 0.717) is 0 Å². The number of unbranched alkanes of at least 4 members (excludes halogenated alkanes) is 1. The van der Waals surface area contributed by atoms with Gasteiger partial charge < -0.3 is 4.42 Å². The first-order chi connectivity index (χ1) is 5.66. The van der Waals surface area contributed by atoms with Crippen LogP contribution >= 0.6 is 0 Å². The van der Waals surface area contributed by atoms with Crippen molar-refractivity contribution in [1.82, 2.24) is 4.57 Å². The van der Waals surface area contributed by atoms with Crippen LogP contribution in [0.4, 0.5) is 0 Å². The van der Waals surface area contributed by atoms with Gasteiger partial charge in [0.05, 0.1) is 5.69 Å². The molecule has 0 atom stereocenters. The molecule has 0 radical (unpaired) electrons. The summed E-state index contributed by atoms with van der Waals surface area (Å²) >= 11 is 0. The Morgan fingerprint density at radius 3 is 2.50 bits per heavy atom. The smallest absolute Gasteiger partial charge is 0.413 e. The zero-order valence-electron chi connectivity index (χ0n) is 7.89. The normalized spacial score (nSPS) is 10.6. The molecule has 0 fully saturated rings. The van der Waals surface area contributed by atoms with E-state index in [4.69, 9.17) is 4.42 Å². The van der Waals surface area contributed by atoms with Gasteiger partial charge >= 0.3 is 5.76 Å². The highest BCUT2D eigenvalue weighted by Gasteiger charge is 2.07. The van der Waals surface area contributed by atoms with Crippen LogP contribution in [0.5, 0.6) is 0 Å². The standard InChI is InChI=1S/C9H15NO2/c1-4-5-6-10-7(2)8(3)12-9(10)11/h4-6H2,1-3H3. The van der Waals surface area contributed by atoms with E-state index in [9.17, 15) is 4.79 Å². The molecule has 0 saturated heterocycles. The highest BCUT2D eigenvalue weighted by molar-refractivity contribution is 5.04. The monoisotopic (exact) mass is 169 g/mol. The highest BCUT2D eigenvalue weighted by atomic mass is 16.4. The lowest BCUT2D eigenvalue weighted by Gasteiger charge is -1.99. The third kappa shape index (κ3) is 1.60. The minimum Gasteiger partial charge on any atom is -0.413 e. The SMILES string of the molecule is CCCCn1c(C)c(C)oc1=O. The van der Waals surface area contributed by atoms with Gasteiger partial charge in [-0.05, 0) is 20.3 Å². The van der Waals surface area contributed by atoms with Gasteiger partial charge in [0.2, 0.25) is 0 Å². The van der Waals surface area contributed by atoms with Crippen molar-refractivity contribution in [3.05, 3.63) is 22.0 Å². The lowest BCUT2D eigenvalue weighted by molar-refractivity contribution is 0.454. The molecule has 1 heterocycles. The summed E-state index contributed by atoms with van der Waals surface area (Å²) in [6.45, 7) is 6.61. The number of rotatable bonds is 3. The first-order valence-electron chi connectivity index (χ1n) is 4.33. The fourth-order valence-corrected chi connectivity index (χ4v) is 1.16. The van der Waals surface area contributed by atoms with Crippen LogP contribution in [0.3, 0.4) is 0 Å². The fraction of sp³-hybridized carbons (Fsp3) is 0.667. The van der Waals surface area contributed by atoms with Crippen molar-refractivity contribution in [2.24, 2.45) is 0 Å². The molecule has 3 nitrogen and oxygen atoms in total. The largest absolute Gasteiger partial charge is 0.419 e. The molecule has 0 aromatic carbocycles. The van der Waals surface area contributed by atoms with E-state index in [1.165, 1.54) is 0 Å². The lowest BCUT2D eigenvalue weighted by Crippen LogP contribution is -2.15. The van der Waals surface area contributed by atoms with Gasteiger partial charge in [0.25, 0.3) is 0 Å². The number of hydrogen-bond donors (Lipinski definition) is 0. The van der Waals surface area contributed by atoms with E-state index < -0.39 is 0 Å². The van der Waals surface area contributed by atoms with E-state index in [1.54, 1.807) is 4.57 Å². The van der Waals surface area contributed by atoms with Crippen LogP contribution in [0.1, 0.15) is 31.2 Å². The minimum absolute atomic E-state index is 0.224. The third-order valence-electron chi connectivity index (χ3n) is 2.11. The van der Waals surface area contributed by atoms with Gasteiger partial charge in [-0.25, -0.2) is 4.79 Å². The fourth-order valence-electron chi connectivity index (χ4n) is 1.16. The van der Waals surface area contributed by atoms with Crippen molar-refractivity contribution >= 4 is 0 Å². The van der Waals surface area contributed by atoms with Gasteiger partial charge in [0.15, 0.2) is 0 Å². The second-order valence-electron chi connectivity index (χ2n) is 3.01. The zero-order valence-corrected chi connectivity index (χ0v) is 7.89. The first-order valence-corrected chi connectivity index (χ1v) is 4.33. The Morgan fingerprint density at radius 1 is 1.42 bits per heavy atom. The summed E-state index contributed by atoms with van der Waals surface area (Å²) in [7, 11) is 0. The highest BCUT2D eigenvalue weighted by Crippen LogP contribution is 2.04. The molecule has 1 aromatic heterocycles. The van der Waals surface area contributed by atoms with Crippen molar-refractivity contribution < 1.29 is 4.42 Å². The van der Waals surface area contributed by atoms with Crippen molar-refractivity contribution in [2.45, 2.75) is 40.2 Å². The molecule has 0 saturated carbocycles. The Balaban J connectivity index is 2.90. The molecule has 0 spiro atoms. The Labute approximate surface area is 72.0 Å². The van der Waals surface area contributed by atoms with Crippen LogP contribution in [0.15, 0.2) is 9.21 Å². The van der Waals surface area contributed by atoms with Crippen molar-refractivity contribution in [3.8, 4) is 0 Å². The summed E-state index contributed by atoms with van der Waals surface area (Å²) in [5.74, 6) is 0.509. The van der Waals surface area contributed by atoms with E-state index in [0.717, 1.165) is 30.8 Å². The molecule has 12 heavy (non-hydrogen) atoms. The van der Waals surface area contributed by atoms with E-state index in [1.807, 2.05) is 13.8 Å². The number of oxazole rings is 1. The van der Waals surface area contributed by atoms with Crippen LogP contribution in [0, 0.1) is 13.8 Å². The lowest BCUT2D eigenvalue weighted by atomic mass is 10.3. The summed E-state index contributed by atoms with van der Waals surface area (Å²) in [5.41, 5.74) is 0.952. The predicted octanol–water partition coefficient (Wildman–Crippen LogP) is 1.86. The number of hydrogen-bond acceptors (Lipinski definition) is 2. The molecule has 0 amide bonds. The van der Waals surface area contributed by atoms with Gasteiger partial charge in [0, 0.05) is 6.54 Å². The minimum atomic E-state index is -0.224. The van der Waals surface area contributed by atoms with Gasteiger partial charge in [-0.15, -0.1) is 0 Å². The van der Waals surface area contributed by atoms with Gasteiger partial charge in [0.1, 0.15) is 5.76 Å². The quantitative estimate of drug-likeness (QED) is 0.692. The van der Waals surface area contributed by atoms with Crippen LogP contribution < -0.4 is 5.76 Å². The molecule has 0 aliphatic carbocycles. The Morgan fingerprint density at radius 2 is 2.08 bits per heavy atom. The molecule has 0 unspecified atom stereocenters. The predicted molar refractivity (Wildman–Crippen MR) is 47.4 cm³/mol. The van der Waals surface area contributed by atoms with Crippen LogP contribution in [0.25, 0.3) is 0 Å². The molecular weight excluding hydrogens is 154 g/mol. The maximum atomic E-state index is 11.2. The third-order valence-corrected chi connectivity index (χ3v) is 2.11. The number of aryl methyl sites for hydroxylation is 1. The van der Waals surface area contributed by atoms with Crippen LogP contribution in [-0.2, 0) is 6.54 Å². The average molecular weight is 169 g/mol. The van der Waals surface area contributed by atoms with Crippen LogP contribution in [0.2, 0.25) is 0 Å². The van der Waals surface area contributed by atoms with E-state index >= 15 is 0 Å². The number of aromatic nitrogens is 1. The van der Waals surface area contributed by atoms with Gasteiger partial charge in [-0.3, -0.25) is 4.57 Å². The maximum Gasteiger partial charge on any atom is 0.419 e. The second kappa shape index (κ2) is 3.61. The molecule has 0 bridgehead atoms. The summed E-state index contributed by atoms with van der Waals surface area (Å²) in [5, 5.41) is 0. The Kier molecular flexibility index (Phi) is 2.74. The van der Waals surface area contributed by atoms with Crippen LogP contribution in [-0.4, -0.2) is 4.57 Å². The Hall–Kier alpha value is -0.990. The van der Waals surface area contributed by atoms with Crippen molar-refractivity contribution in [1.29, 1.82) is 0 Å². The topological polar surface area (TPSA) is 35.1 Å². The average Bonchev–Trinajstić information content (AvgIpc) is 2.25. The van der Waals surface area contributed by atoms with Crippen molar-refractivity contribution in [3.63, 3.8) is 0 Å².